The first-order valence-electron chi connectivity index (χ1n) is 5.27. The molecule has 3 atom stereocenters. The zero-order chi connectivity index (χ0) is 10.7. The van der Waals surface area contributed by atoms with E-state index in [9.17, 15) is 5.11 Å². The van der Waals surface area contributed by atoms with E-state index in [1.807, 2.05) is 35.7 Å². The van der Waals surface area contributed by atoms with E-state index in [0.29, 0.717) is 11.0 Å². The summed E-state index contributed by atoms with van der Waals surface area (Å²) in [6, 6.07) is 3.69. The predicted molar refractivity (Wildman–Crippen MR) is 66.5 cm³/mol. The molecule has 84 valence electrons. The Balaban J connectivity index is 2.07. The second kappa shape index (κ2) is 5.32. The zero-order valence-electron chi connectivity index (χ0n) is 8.76. The third-order valence-electron chi connectivity index (χ3n) is 2.64. The van der Waals surface area contributed by atoms with Gasteiger partial charge in [-0.25, -0.2) is 0 Å². The van der Waals surface area contributed by atoms with Gasteiger partial charge in [0.2, 0.25) is 0 Å². The van der Waals surface area contributed by atoms with Gasteiger partial charge in [0.1, 0.15) is 11.9 Å². The van der Waals surface area contributed by atoms with Crippen molar-refractivity contribution in [3.63, 3.8) is 0 Å². The third kappa shape index (κ3) is 2.55. The highest BCUT2D eigenvalue weighted by Gasteiger charge is 2.33. The highest BCUT2D eigenvalue weighted by molar-refractivity contribution is 8.07. The molecule has 0 radical (unpaired) electrons. The van der Waals surface area contributed by atoms with Crippen LogP contribution in [0.3, 0.4) is 0 Å². The Morgan fingerprint density at radius 3 is 3.00 bits per heavy atom. The topological polar surface area (TPSA) is 33.4 Å². The molecule has 15 heavy (non-hydrogen) atoms. The molecule has 1 saturated heterocycles. The molecule has 3 unspecified atom stereocenters. The van der Waals surface area contributed by atoms with Gasteiger partial charge < -0.3 is 9.52 Å². The first-order valence-corrected chi connectivity index (χ1v) is 7.37. The predicted octanol–water partition coefficient (Wildman–Crippen LogP) is 2.94. The number of hydrogen-bond acceptors (Lipinski definition) is 4. The summed E-state index contributed by atoms with van der Waals surface area (Å²) < 4.78 is 5.27. The van der Waals surface area contributed by atoms with Crippen LogP contribution in [-0.2, 0) is 0 Å². The summed E-state index contributed by atoms with van der Waals surface area (Å²) in [4.78, 5) is 0. The summed E-state index contributed by atoms with van der Waals surface area (Å²) in [6.45, 7) is 2.19. The van der Waals surface area contributed by atoms with E-state index in [0.717, 1.165) is 12.2 Å². The second-order valence-electron chi connectivity index (χ2n) is 3.61. The van der Waals surface area contributed by atoms with Crippen molar-refractivity contribution in [1.29, 1.82) is 0 Å². The van der Waals surface area contributed by atoms with Gasteiger partial charge in [-0.05, 0) is 18.6 Å². The molecule has 0 bridgehead atoms. The molecule has 1 aromatic rings. The standard InChI is InChI=1S/C11H16O2S2/c1-2-9-11(15-7-6-14-9)10(12)8-4-3-5-13-8/h3-5,9-12H,2,6-7H2,1H3. The van der Waals surface area contributed by atoms with Gasteiger partial charge in [0, 0.05) is 22.0 Å². The average molecular weight is 244 g/mol. The minimum atomic E-state index is -0.456. The van der Waals surface area contributed by atoms with E-state index in [2.05, 4.69) is 6.92 Å². The van der Waals surface area contributed by atoms with Crippen molar-refractivity contribution in [3.8, 4) is 0 Å². The van der Waals surface area contributed by atoms with Crippen LogP contribution in [0.4, 0.5) is 0 Å². The van der Waals surface area contributed by atoms with Crippen molar-refractivity contribution in [1.82, 2.24) is 0 Å². The maximum atomic E-state index is 10.2. The van der Waals surface area contributed by atoms with Crippen molar-refractivity contribution >= 4 is 23.5 Å². The van der Waals surface area contributed by atoms with Crippen LogP contribution in [0, 0.1) is 0 Å². The molecule has 4 heteroatoms. The highest BCUT2D eigenvalue weighted by atomic mass is 32.2. The van der Waals surface area contributed by atoms with Crippen molar-refractivity contribution in [2.75, 3.05) is 11.5 Å². The second-order valence-corrected chi connectivity index (χ2v) is 6.25. The molecule has 2 heterocycles. The molecule has 0 aromatic carbocycles. The Morgan fingerprint density at radius 1 is 1.53 bits per heavy atom. The van der Waals surface area contributed by atoms with Crippen LogP contribution in [-0.4, -0.2) is 27.1 Å². The Bertz CT molecular complexity index is 287. The lowest BCUT2D eigenvalue weighted by Crippen LogP contribution is -2.30. The van der Waals surface area contributed by atoms with Crippen LogP contribution < -0.4 is 0 Å². The largest absolute Gasteiger partial charge is 0.467 e. The van der Waals surface area contributed by atoms with E-state index >= 15 is 0 Å². The fourth-order valence-corrected chi connectivity index (χ4v) is 4.97. The summed E-state index contributed by atoms with van der Waals surface area (Å²) in [6.07, 6.45) is 2.28. The lowest BCUT2D eigenvalue weighted by atomic mass is 10.1. The van der Waals surface area contributed by atoms with Crippen molar-refractivity contribution < 1.29 is 9.52 Å². The number of furan rings is 1. The number of thioether (sulfide) groups is 2. The lowest BCUT2D eigenvalue weighted by molar-refractivity contribution is 0.145. The molecule has 0 spiro atoms. The third-order valence-corrected chi connectivity index (χ3v) is 5.98. The minimum absolute atomic E-state index is 0.278. The van der Waals surface area contributed by atoms with Crippen molar-refractivity contribution in [2.45, 2.75) is 29.9 Å². The van der Waals surface area contributed by atoms with Crippen molar-refractivity contribution in [3.05, 3.63) is 24.2 Å². The fraction of sp³-hybridized carbons (Fsp3) is 0.636. The first-order chi connectivity index (χ1) is 7.33. The van der Waals surface area contributed by atoms with Crippen LogP contribution in [0.25, 0.3) is 0 Å². The maximum Gasteiger partial charge on any atom is 0.133 e. The number of aliphatic hydroxyl groups excluding tert-OH is 1. The van der Waals surface area contributed by atoms with E-state index in [1.165, 1.54) is 5.75 Å². The molecule has 0 aliphatic carbocycles. The summed E-state index contributed by atoms with van der Waals surface area (Å²) in [7, 11) is 0. The Kier molecular flexibility index (Phi) is 4.05. The minimum Gasteiger partial charge on any atom is -0.467 e. The monoisotopic (exact) mass is 244 g/mol. The molecule has 2 nitrogen and oxygen atoms in total. The molecule has 0 amide bonds. The molecule has 1 aliphatic rings. The molecule has 1 fully saturated rings. The average Bonchev–Trinajstić information content (AvgIpc) is 2.81. The summed E-state index contributed by atoms with van der Waals surface area (Å²) in [5, 5.41) is 11.0. The van der Waals surface area contributed by atoms with Crippen LogP contribution >= 0.6 is 23.5 Å². The van der Waals surface area contributed by atoms with E-state index in [1.54, 1.807) is 6.26 Å². The summed E-state index contributed by atoms with van der Waals surface area (Å²) in [5.74, 6) is 3.03. The van der Waals surface area contributed by atoms with Crippen LogP contribution in [0.5, 0.6) is 0 Å². The highest BCUT2D eigenvalue weighted by Crippen LogP contribution is 2.40. The molecule has 1 aromatic heterocycles. The quantitative estimate of drug-likeness (QED) is 0.886. The lowest BCUT2D eigenvalue weighted by Gasteiger charge is -2.32. The molecular formula is C11H16O2S2. The van der Waals surface area contributed by atoms with Crippen LogP contribution in [0.15, 0.2) is 22.8 Å². The number of aliphatic hydroxyl groups is 1. The van der Waals surface area contributed by atoms with Crippen LogP contribution in [0.1, 0.15) is 25.2 Å². The Labute approximate surface area is 98.8 Å². The van der Waals surface area contributed by atoms with E-state index in [-0.39, 0.29) is 5.25 Å². The number of hydrogen-bond donors (Lipinski definition) is 1. The first kappa shape index (κ1) is 11.4. The van der Waals surface area contributed by atoms with Crippen molar-refractivity contribution in [2.24, 2.45) is 0 Å². The molecule has 1 N–H and O–H groups in total. The normalized spacial score (nSPS) is 28.9. The van der Waals surface area contributed by atoms with Gasteiger partial charge in [-0.1, -0.05) is 6.92 Å². The molecule has 1 aliphatic heterocycles. The van der Waals surface area contributed by atoms with Gasteiger partial charge in [-0.2, -0.15) is 23.5 Å². The maximum absolute atomic E-state index is 10.2. The summed E-state index contributed by atoms with van der Waals surface area (Å²) in [5.41, 5.74) is 0. The van der Waals surface area contributed by atoms with E-state index < -0.39 is 6.10 Å². The molecular weight excluding hydrogens is 228 g/mol. The smallest absolute Gasteiger partial charge is 0.133 e. The Morgan fingerprint density at radius 2 is 2.33 bits per heavy atom. The van der Waals surface area contributed by atoms with Gasteiger partial charge in [0.05, 0.1) is 6.26 Å². The van der Waals surface area contributed by atoms with E-state index in [4.69, 9.17) is 4.42 Å². The van der Waals surface area contributed by atoms with Gasteiger partial charge >= 0.3 is 0 Å². The molecule has 2 rings (SSSR count). The van der Waals surface area contributed by atoms with Gasteiger partial charge in [0.15, 0.2) is 0 Å². The fourth-order valence-electron chi connectivity index (χ4n) is 1.85. The molecule has 0 saturated carbocycles. The van der Waals surface area contributed by atoms with Gasteiger partial charge in [0.25, 0.3) is 0 Å². The SMILES string of the molecule is CCC1SCCSC1C(O)c1ccco1. The van der Waals surface area contributed by atoms with Gasteiger partial charge in [-0.3, -0.25) is 0 Å². The number of rotatable bonds is 3. The Hall–Kier alpha value is -0.0600. The zero-order valence-corrected chi connectivity index (χ0v) is 10.4. The van der Waals surface area contributed by atoms with Crippen LogP contribution in [0.2, 0.25) is 0 Å². The van der Waals surface area contributed by atoms with Gasteiger partial charge in [-0.15, -0.1) is 0 Å². The summed E-state index contributed by atoms with van der Waals surface area (Å²) >= 11 is 3.85.